The summed E-state index contributed by atoms with van der Waals surface area (Å²) in [5.74, 6) is 1.20. The highest BCUT2D eigenvalue weighted by molar-refractivity contribution is 5.89. The summed E-state index contributed by atoms with van der Waals surface area (Å²) in [6, 6.07) is 10.3. The van der Waals surface area contributed by atoms with Gasteiger partial charge in [0.15, 0.2) is 0 Å². The van der Waals surface area contributed by atoms with E-state index < -0.39 is 0 Å². The SMILES string of the molecule is CCCN(CCC)C(=Nc1ccccc1)C(C)(C)C. The summed E-state index contributed by atoms with van der Waals surface area (Å²) < 4.78 is 0. The average molecular weight is 260 g/mol. The molecule has 0 aliphatic rings. The Balaban J connectivity index is 3.10. The minimum atomic E-state index is 0.0696. The van der Waals surface area contributed by atoms with Crippen molar-refractivity contribution in [3.05, 3.63) is 30.3 Å². The van der Waals surface area contributed by atoms with Crippen LogP contribution in [0.3, 0.4) is 0 Å². The number of nitrogens with zero attached hydrogens (tertiary/aromatic N) is 2. The van der Waals surface area contributed by atoms with Crippen molar-refractivity contribution < 1.29 is 0 Å². The highest BCUT2D eigenvalue weighted by atomic mass is 15.2. The van der Waals surface area contributed by atoms with Crippen molar-refractivity contribution >= 4 is 11.5 Å². The summed E-state index contributed by atoms with van der Waals surface area (Å²) in [6.45, 7) is 13.3. The first-order valence-corrected chi connectivity index (χ1v) is 7.38. The Morgan fingerprint density at radius 2 is 1.53 bits per heavy atom. The highest BCUT2D eigenvalue weighted by Crippen LogP contribution is 2.23. The van der Waals surface area contributed by atoms with Gasteiger partial charge in [0.1, 0.15) is 5.84 Å². The van der Waals surface area contributed by atoms with Gasteiger partial charge in [-0.25, -0.2) is 4.99 Å². The van der Waals surface area contributed by atoms with Crippen LogP contribution in [0.4, 0.5) is 5.69 Å². The Kier molecular flexibility index (Phi) is 6.07. The molecule has 2 nitrogen and oxygen atoms in total. The number of hydrogen-bond acceptors (Lipinski definition) is 1. The van der Waals surface area contributed by atoms with Gasteiger partial charge in [-0.05, 0) is 25.0 Å². The van der Waals surface area contributed by atoms with E-state index in [9.17, 15) is 0 Å². The van der Waals surface area contributed by atoms with Crippen LogP contribution in [0.2, 0.25) is 0 Å². The number of benzene rings is 1. The van der Waals surface area contributed by atoms with Crippen LogP contribution in [0.5, 0.6) is 0 Å². The Morgan fingerprint density at radius 1 is 1.00 bits per heavy atom. The predicted octanol–water partition coefficient (Wildman–Crippen LogP) is 4.88. The molecule has 106 valence electrons. The van der Waals surface area contributed by atoms with Crippen LogP contribution in [0.1, 0.15) is 47.5 Å². The zero-order chi connectivity index (χ0) is 14.3. The molecule has 0 aromatic heterocycles. The van der Waals surface area contributed by atoms with Gasteiger partial charge in [-0.1, -0.05) is 52.8 Å². The van der Waals surface area contributed by atoms with Crippen molar-refractivity contribution in [1.82, 2.24) is 4.90 Å². The van der Waals surface area contributed by atoms with Crippen molar-refractivity contribution in [1.29, 1.82) is 0 Å². The lowest BCUT2D eigenvalue weighted by atomic mass is 9.93. The van der Waals surface area contributed by atoms with E-state index in [0.717, 1.165) is 31.6 Å². The number of rotatable bonds is 5. The number of amidine groups is 1. The van der Waals surface area contributed by atoms with Crippen molar-refractivity contribution in [3.63, 3.8) is 0 Å². The van der Waals surface area contributed by atoms with Gasteiger partial charge in [0.05, 0.1) is 5.69 Å². The molecule has 0 saturated heterocycles. The van der Waals surface area contributed by atoms with Crippen LogP contribution in [0, 0.1) is 5.41 Å². The number of para-hydroxylation sites is 1. The molecule has 0 unspecified atom stereocenters. The summed E-state index contributed by atoms with van der Waals surface area (Å²) in [5.41, 5.74) is 1.12. The minimum Gasteiger partial charge on any atom is -0.360 e. The molecule has 0 radical (unpaired) electrons. The summed E-state index contributed by atoms with van der Waals surface area (Å²) >= 11 is 0. The fourth-order valence-corrected chi connectivity index (χ4v) is 2.20. The molecule has 1 rings (SSSR count). The standard InChI is InChI=1S/C17H28N2/c1-6-13-19(14-7-2)16(17(3,4)5)18-15-11-9-8-10-12-15/h8-12H,6-7,13-14H2,1-5H3. The normalized spacial score (nSPS) is 12.6. The van der Waals surface area contributed by atoms with Crippen molar-refractivity contribution in [2.24, 2.45) is 10.4 Å². The van der Waals surface area contributed by atoms with E-state index in [1.165, 1.54) is 5.84 Å². The van der Waals surface area contributed by atoms with E-state index in [4.69, 9.17) is 4.99 Å². The van der Waals surface area contributed by atoms with E-state index in [0.29, 0.717) is 0 Å². The number of hydrogen-bond donors (Lipinski definition) is 0. The molecule has 1 aromatic carbocycles. The molecule has 19 heavy (non-hydrogen) atoms. The Hall–Kier alpha value is -1.31. The Morgan fingerprint density at radius 3 is 1.95 bits per heavy atom. The van der Waals surface area contributed by atoms with Crippen molar-refractivity contribution in [3.8, 4) is 0 Å². The molecule has 0 aliphatic heterocycles. The maximum atomic E-state index is 4.91. The molecule has 0 N–H and O–H groups in total. The third-order valence-corrected chi connectivity index (χ3v) is 2.95. The lowest BCUT2D eigenvalue weighted by Crippen LogP contribution is -2.40. The topological polar surface area (TPSA) is 15.6 Å². The Labute approximate surface area is 118 Å². The van der Waals surface area contributed by atoms with Gasteiger partial charge >= 0.3 is 0 Å². The number of aliphatic imine (C=N–C) groups is 1. The highest BCUT2D eigenvalue weighted by Gasteiger charge is 2.24. The average Bonchev–Trinajstić information content (AvgIpc) is 2.36. The summed E-state index contributed by atoms with van der Waals surface area (Å²) in [6.07, 6.45) is 2.31. The third kappa shape index (κ3) is 5.06. The minimum absolute atomic E-state index is 0.0696. The van der Waals surface area contributed by atoms with E-state index >= 15 is 0 Å². The second-order valence-corrected chi connectivity index (χ2v) is 6.01. The summed E-state index contributed by atoms with van der Waals surface area (Å²) in [4.78, 5) is 7.35. The summed E-state index contributed by atoms with van der Waals surface area (Å²) in [7, 11) is 0. The second kappa shape index (κ2) is 7.32. The van der Waals surface area contributed by atoms with E-state index in [1.54, 1.807) is 0 Å². The smallest absolute Gasteiger partial charge is 0.110 e. The zero-order valence-corrected chi connectivity index (χ0v) is 13.1. The molecule has 0 amide bonds. The first kappa shape index (κ1) is 15.7. The van der Waals surface area contributed by atoms with Gasteiger partial charge in [-0.2, -0.15) is 0 Å². The van der Waals surface area contributed by atoms with Crippen LogP contribution in [-0.2, 0) is 0 Å². The fourth-order valence-electron chi connectivity index (χ4n) is 2.20. The molecular weight excluding hydrogens is 232 g/mol. The van der Waals surface area contributed by atoms with Gasteiger partial charge in [-0.3, -0.25) is 0 Å². The Bertz CT molecular complexity index is 381. The largest absolute Gasteiger partial charge is 0.360 e. The maximum Gasteiger partial charge on any atom is 0.110 e. The molecule has 0 saturated carbocycles. The molecule has 0 bridgehead atoms. The zero-order valence-electron chi connectivity index (χ0n) is 13.1. The molecule has 0 spiro atoms. The molecule has 2 heteroatoms. The van der Waals surface area contributed by atoms with Gasteiger partial charge in [0.2, 0.25) is 0 Å². The molecular formula is C17H28N2. The van der Waals surface area contributed by atoms with Gasteiger partial charge in [-0.15, -0.1) is 0 Å². The van der Waals surface area contributed by atoms with Crippen LogP contribution in [-0.4, -0.2) is 23.8 Å². The molecule has 0 fully saturated rings. The van der Waals surface area contributed by atoms with Gasteiger partial charge < -0.3 is 4.90 Å². The first-order chi connectivity index (χ1) is 8.99. The monoisotopic (exact) mass is 260 g/mol. The molecule has 1 aromatic rings. The van der Waals surface area contributed by atoms with Crippen LogP contribution < -0.4 is 0 Å². The van der Waals surface area contributed by atoms with E-state index in [1.807, 2.05) is 18.2 Å². The fraction of sp³-hybridized carbons (Fsp3) is 0.588. The van der Waals surface area contributed by atoms with Gasteiger partial charge in [0.25, 0.3) is 0 Å². The van der Waals surface area contributed by atoms with E-state index in [2.05, 4.69) is 51.7 Å². The van der Waals surface area contributed by atoms with Crippen LogP contribution in [0.15, 0.2) is 35.3 Å². The lowest BCUT2D eigenvalue weighted by Gasteiger charge is -2.33. The lowest BCUT2D eigenvalue weighted by molar-refractivity contribution is 0.368. The van der Waals surface area contributed by atoms with Gasteiger partial charge in [0, 0.05) is 18.5 Å². The molecule has 0 atom stereocenters. The van der Waals surface area contributed by atoms with Crippen LogP contribution >= 0.6 is 0 Å². The first-order valence-electron chi connectivity index (χ1n) is 7.38. The van der Waals surface area contributed by atoms with E-state index in [-0.39, 0.29) is 5.41 Å². The predicted molar refractivity (Wildman–Crippen MR) is 85.1 cm³/mol. The van der Waals surface area contributed by atoms with Crippen molar-refractivity contribution in [2.45, 2.75) is 47.5 Å². The second-order valence-electron chi connectivity index (χ2n) is 6.01. The quantitative estimate of drug-likeness (QED) is 0.544. The molecule has 0 heterocycles. The third-order valence-electron chi connectivity index (χ3n) is 2.95. The maximum absolute atomic E-state index is 4.91. The summed E-state index contributed by atoms with van der Waals surface area (Å²) in [5, 5.41) is 0. The van der Waals surface area contributed by atoms with Crippen molar-refractivity contribution in [2.75, 3.05) is 13.1 Å². The van der Waals surface area contributed by atoms with Crippen LogP contribution in [0.25, 0.3) is 0 Å². The molecule has 0 aliphatic carbocycles.